The maximum Gasteiger partial charge on any atom is 0.139 e. The zero-order chi connectivity index (χ0) is 30.1. The van der Waals surface area contributed by atoms with Crippen molar-refractivity contribution >= 4 is 11.6 Å². The molecule has 0 amide bonds. The second-order valence-corrected chi connectivity index (χ2v) is 12.1. The van der Waals surface area contributed by atoms with Crippen LogP contribution in [0, 0.1) is 12.8 Å². The van der Waals surface area contributed by atoms with Gasteiger partial charge in [0.25, 0.3) is 0 Å². The Morgan fingerprint density at radius 1 is 1.00 bits per heavy atom. The van der Waals surface area contributed by atoms with E-state index in [2.05, 4.69) is 68.1 Å². The van der Waals surface area contributed by atoms with E-state index < -0.39 is 0 Å². The first-order valence-corrected chi connectivity index (χ1v) is 16.6. The molecule has 1 unspecified atom stereocenters. The Morgan fingerprint density at radius 3 is 2.48 bits per heavy atom. The molecule has 0 bridgehead atoms. The Hall–Kier alpha value is -2.53. The number of hydrogen-bond acceptors (Lipinski definition) is 4. The fourth-order valence-electron chi connectivity index (χ4n) is 6.31. The molecular weight excluding hydrogens is 540 g/mol. The van der Waals surface area contributed by atoms with Gasteiger partial charge in [0.15, 0.2) is 0 Å². The van der Waals surface area contributed by atoms with Crippen LogP contribution in [-0.4, -0.2) is 31.1 Å². The van der Waals surface area contributed by atoms with Crippen LogP contribution in [0.1, 0.15) is 93.7 Å². The van der Waals surface area contributed by atoms with E-state index in [1.165, 1.54) is 59.3 Å². The number of nitrogens with two attached hydrogens (primary N) is 1. The Morgan fingerprint density at radius 2 is 1.74 bits per heavy atom. The third-order valence-corrected chi connectivity index (χ3v) is 9.17. The van der Waals surface area contributed by atoms with Crippen LogP contribution >= 0.6 is 11.6 Å². The van der Waals surface area contributed by atoms with E-state index in [4.69, 9.17) is 26.8 Å². The van der Waals surface area contributed by atoms with Gasteiger partial charge < -0.3 is 20.1 Å². The summed E-state index contributed by atoms with van der Waals surface area (Å²) in [5, 5.41) is 0.642. The van der Waals surface area contributed by atoms with Gasteiger partial charge in [-0.3, -0.25) is 0 Å². The maximum absolute atomic E-state index is 6.71. The topological polar surface area (TPSA) is 47.7 Å². The summed E-state index contributed by atoms with van der Waals surface area (Å²) < 4.78 is 12.9. The summed E-state index contributed by atoms with van der Waals surface area (Å²) in [6, 6.07) is 17.2. The molecule has 0 spiro atoms. The molecule has 228 valence electrons. The largest absolute Gasteiger partial charge is 0.493 e. The fraction of sp³-hybridized carbons (Fsp3) is 0.514. The molecule has 0 aromatic heterocycles. The summed E-state index contributed by atoms with van der Waals surface area (Å²) in [6.07, 6.45) is 7.76. The van der Waals surface area contributed by atoms with Crippen molar-refractivity contribution in [1.82, 2.24) is 4.90 Å². The lowest BCUT2D eigenvalue weighted by atomic mass is 9.93. The smallest absolute Gasteiger partial charge is 0.139 e. The number of rotatable bonds is 12. The van der Waals surface area contributed by atoms with Crippen LogP contribution in [0.4, 0.5) is 0 Å². The average molecular weight is 591 g/mol. The van der Waals surface area contributed by atoms with Crippen LogP contribution in [-0.2, 0) is 19.4 Å². The first-order valence-electron chi connectivity index (χ1n) is 16.2. The molecule has 1 aliphatic heterocycles. The predicted molar refractivity (Wildman–Crippen MR) is 178 cm³/mol. The van der Waals surface area contributed by atoms with Crippen molar-refractivity contribution in [2.75, 3.05) is 26.2 Å². The van der Waals surface area contributed by atoms with Crippen molar-refractivity contribution in [3.8, 4) is 22.6 Å². The van der Waals surface area contributed by atoms with Crippen LogP contribution in [0.2, 0.25) is 5.02 Å². The van der Waals surface area contributed by atoms with Gasteiger partial charge >= 0.3 is 0 Å². The Labute approximate surface area is 259 Å². The summed E-state index contributed by atoms with van der Waals surface area (Å²) in [6.45, 7) is 15.5. The van der Waals surface area contributed by atoms with Gasteiger partial charge in [-0.1, -0.05) is 76.0 Å². The summed E-state index contributed by atoms with van der Waals surface area (Å²) in [7, 11) is 0. The summed E-state index contributed by atoms with van der Waals surface area (Å²) in [5.41, 5.74) is 14.8. The van der Waals surface area contributed by atoms with Crippen molar-refractivity contribution < 1.29 is 9.47 Å². The first-order chi connectivity index (χ1) is 20.5. The van der Waals surface area contributed by atoms with E-state index in [0.717, 1.165) is 62.3 Å². The molecule has 3 aromatic carbocycles. The second-order valence-electron chi connectivity index (χ2n) is 11.7. The van der Waals surface area contributed by atoms with Gasteiger partial charge in [0.1, 0.15) is 17.6 Å². The van der Waals surface area contributed by atoms with Gasteiger partial charge in [0.2, 0.25) is 0 Å². The number of likely N-dealkylation sites (tertiary alicyclic amines) is 1. The summed E-state index contributed by atoms with van der Waals surface area (Å²) in [4.78, 5) is 2.55. The number of fused-ring (bicyclic) bond motifs is 1. The van der Waals surface area contributed by atoms with Gasteiger partial charge in [-0.05, 0) is 122 Å². The molecule has 5 heteroatoms. The maximum atomic E-state index is 6.71. The normalized spacial score (nSPS) is 17.0. The molecule has 3 aromatic rings. The molecule has 42 heavy (non-hydrogen) atoms. The number of benzene rings is 3. The lowest BCUT2D eigenvalue weighted by molar-refractivity contribution is 0.207. The highest BCUT2D eigenvalue weighted by Gasteiger charge is 2.28. The quantitative estimate of drug-likeness (QED) is 0.213. The molecule has 1 aliphatic carbocycles. The number of hydrogen-bond donors (Lipinski definition) is 1. The molecule has 1 saturated heterocycles. The Bertz CT molecular complexity index is 1300. The third-order valence-electron chi connectivity index (χ3n) is 8.87. The van der Waals surface area contributed by atoms with Gasteiger partial charge in [-0.2, -0.15) is 0 Å². The highest BCUT2D eigenvalue weighted by molar-refractivity contribution is 6.32. The van der Waals surface area contributed by atoms with E-state index in [9.17, 15) is 0 Å². The lowest BCUT2D eigenvalue weighted by Crippen LogP contribution is -2.22. The minimum Gasteiger partial charge on any atom is -0.493 e. The molecule has 4 nitrogen and oxygen atoms in total. The number of halogens is 1. The molecule has 1 heterocycles. The van der Waals surface area contributed by atoms with Crippen LogP contribution in [0.25, 0.3) is 11.1 Å². The van der Waals surface area contributed by atoms with E-state index in [0.29, 0.717) is 17.5 Å². The highest BCUT2D eigenvalue weighted by Crippen LogP contribution is 2.43. The highest BCUT2D eigenvalue weighted by atomic mass is 35.5. The first kappa shape index (κ1) is 32.4. The van der Waals surface area contributed by atoms with Crippen molar-refractivity contribution in [1.29, 1.82) is 0 Å². The third kappa shape index (κ3) is 7.70. The molecule has 1 fully saturated rings. The van der Waals surface area contributed by atoms with Crippen molar-refractivity contribution in [3.63, 3.8) is 0 Å². The Balaban J connectivity index is 0.00000198. The minimum absolute atomic E-state index is 0.0158. The van der Waals surface area contributed by atoms with Crippen molar-refractivity contribution in [2.45, 2.75) is 92.2 Å². The summed E-state index contributed by atoms with van der Waals surface area (Å²) >= 11 is 6.71. The van der Waals surface area contributed by atoms with Gasteiger partial charge in [-0.25, -0.2) is 0 Å². The van der Waals surface area contributed by atoms with E-state index in [-0.39, 0.29) is 6.10 Å². The fourth-order valence-corrected chi connectivity index (χ4v) is 6.54. The minimum atomic E-state index is -0.0158. The van der Waals surface area contributed by atoms with Crippen LogP contribution in [0.5, 0.6) is 11.5 Å². The molecule has 5 rings (SSSR count). The van der Waals surface area contributed by atoms with Crippen molar-refractivity contribution in [2.24, 2.45) is 11.7 Å². The molecule has 0 radical (unpaired) electrons. The van der Waals surface area contributed by atoms with E-state index in [1.54, 1.807) is 0 Å². The SMILES string of the molecule is CC.CCC(C)Cc1cc(O[C@H]2CCc3c(-c4cccc(OCCCN5CCCC5)c4C)cccc32)c(Cl)cc1CN. The zero-order valence-electron chi connectivity index (χ0n) is 26.5. The standard InChI is InChI=1S/C35H45ClN2O2.C2H6/c1-4-24(2)20-26-22-35(32(36)21-27(26)23-37)40-34-15-14-30-29(11-7-12-31(30)34)28-10-8-13-33(25(28)3)39-19-9-18-38-16-5-6-17-38;1-2/h7-8,10-13,21-22,24,34H,4-6,9,14-20,23,37H2,1-3H3;1-2H3/t24?,34-;/m0./s1. The molecule has 2 N–H and O–H groups in total. The second kappa shape index (κ2) is 15.8. The van der Waals surface area contributed by atoms with E-state index >= 15 is 0 Å². The Kier molecular flexibility index (Phi) is 12.2. The van der Waals surface area contributed by atoms with Crippen molar-refractivity contribution in [3.05, 3.63) is 81.4 Å². The van der Waals surface area contributed by atoms with Gasteiger partial charge in [-0.15, -0.1) is 0 Å². The van der Waals surface area contributed by atoms with Gasteiger partial charge in [0.05, 0.1) is 11.6 Å². The molecular formula is C37H51ClN2O2. The number of ether oxygens (including phenoxy) is 2. The lowest BCUT2D eigenvalue weighted by Gasteiger charge is -2.20. The van der Waals surface area contributed by atoms with E-state index in [1.807, 2.05) is 19.9 Å². The van der Waals surface area contributed by atoms with Crippen LogP contribution in [0.15, 0.2) is 48.5 Å². The average Bonchev–Trinajstić information content (AvgIpc) is 3.69. The molecule has 2 atom stereocenters. The zero-order valence-corrected chi connectivity index (χ0v) is 27.2. The monoisotopic (exact) mass is 590 g/mol. The van der Waals surface area contributed by atoms with Crippen LogP contribution < -0.4 is 15.2 Å². The summed E-state index contributed by atoms with van der Waals surface area (Å²) in [5.74, 6) is 2.34. The predicted octanol–water partition coefficient (Wildman–Crippen LogP) is 9.32. The van der Waals surface area contributed by atoms with Gasteiger partial charge in [0, 0.05) is 13.1 Å². The number of nitrogens with zero attached hydrogens (tertiary/aromatic N) is 1. The molecule has 0 saturated carbocycles. The molecule has 2 aliphatic rings. The van der Waals surface area contributed by atoms with Crippen LogP contribution in [0.3, 0.4) is 0 Å².